The number of piperidine rings is 1. The van der Waals surface area contributed by atoms with Crippen LogP contribution in [0.1, 0.15) is 29.9 Å². The number of nitrogens with zero attached hydrogens (tertiary/aromatic N) is 3. The highest BCUT2D eigenvalue weighted by Gasteiger charge is 2.26. The highest BCUT2D eigenvalue weighted by atomic mass is 16.5. The predicted octanol–water partition coefficient (Wildman–Crippen LogP) is 3.57. The van der Waals surface area contributed by atoms with Gasteiger partial charge >= 0.3 is 0 Å². The van der Waals surface area contributed by atoms with Crippen molar-refractivity contribution in [1.82, 2.24) is 20.4 Å². The van der Waals surface area contributed by atoms with Gasteiger partial charge in [-0.1, -0.05) is 65.3 Å². The van der Waals surface area contributed by atoms with E-state index in [1.807, 2.05) is 42.5 Å². The Morgan fingerprint density at radius 1 is 1.21 bits per heavy atom. The maximum atomic E-state index is 12.7. The molecule has 0 aliphatic carbocycles. The van der Waals surface area contributed by atoms with Crippen LogP contribution in [0.5, 0.6) is 0 Å². The van der Waals surface area contributed by atoms with E-state index in [1.54, 1.807) is 0 Å². The van der Waals surface area contributed by atoms with Gasteiger partial charge in [0.25, 0.3) is 0 Å². The third kappa shape index (κ3) is 5.09. The van der Waals surface area contributed by atoms with E-state index >= 15 is 0 Å². The molecule has 0 bridgehead atoms. The molecule has 1 unspecified atom stereocenters. The van der Waals surface area contributed by atoms with E-state index in [4.69, 9.17) is 4.52 Å². The number of benzene rings is 2. The number of nitrogens with one attached hydrogen (secondary N) is 1. The predicted molar refractivity (Wildman–Crippen MR) is 111 cm³/mol. The van der Waals surface area contributed by atoms with Crippen molar-refractivity contribution in [1.29, 1.82) is 0 Å². The Labute approximate surface area is 170 Å². The summed E-state index contributed by atoms with van der Waals surface area (Å²) in [4.78, 5) is 19.4. The lowest BCUT2D eigenvalue weighted by Crippen LogP contribution is -2.42. The van der Waals surface area contributed by atoms with E-state index in [2.05, 4.69) is 39.4 Å². The number of likely N-dealkylation sites (tertiary alicyclic amines) is 1. The van der Waals surface area contributed by atoms with Gasteiger partial charge in [0.1, 0.15) is 0 Å². The molecule has 1 amide bonds. The lowest BCUT2D eigenvalue weighted by Gasteiger charge is -2.30. The van der Waals surface area contributed by atoms with E-state index < -0.39 is 0 Å². The molecule has 4 rings (SSSR count). The van der Waals surface area contributed by atoms with Crippen LogP contribution in [-0.4, -0.2) is 34.0 Å². The second-order valence-corrected chi connectivity index (χ2v) is 7.66. The summed E-state index contributed by atoms with van der Waals surface area (Å²) in [6, 6.07) is 18.0. The molecular formula is C23H26N4O2. The Morgan fingerprint density at radius 2 is 2.07 bits per heavy atom. The number of amides is 1. The molecular weight excluding hydrogens is 364 g/mol. The maximum absolute atomic E-state index is 12.7. The summed E-state index contributed by atoms with van der Waals surface area (Å²) in [7, 11) is 0. The van der Waals surface area contributed by atoms with Gasteiger partial charge in [-0.15, -0.1) is 0 Å². The summed E-state index contributed by atoms with van der Waals surface area (Å²) in [6.07, 6.45) is 1.90. The van der Waals surface area contributed by atoms with Crippen LogP contribution in [0.15, 0.2) is 59.1 Å². The van der Waals surface area contributed by atoms with Gasteiger partial charge in [-0.3, -0.25) is 9.69 Å². The van der Waals surface area contributed by atoms with Crippen LogP contribution in [0.3, 0.4) is 0 Å². The van der Waals surface area contributed by atoms with E-state index in [0.29, 0.717) is 31.3 Å². The number of hydrogen-bond acceptors (Lipinski definition) is 5. The summed E-state index contributed by atoms with van der Waals surface area (Å²) < 4.78 is 5.43. The number of rotatable bonds is 6. The maximum Gasteiger partial charge on any atom is 0.241 e. The number of aryl methyl sites for hydroxylation is 1. The molecule has 1 saturated heterocycles. The van der Waals surface area contributed by atoms with Gasteiger partial charge in [0.2, 0.25) is 17.6 Å². The largest absolute Gasteiger partial charge is 0.352 e. The van der Waals surface area contributed by atoms with Crippen LogP contribution in [0.4, 0.5) is 0 Å². The fourth-order valence-corrected chi connectivity index (χ4v) is 3.78. The Morgan fingerprint density at radius 3 is 2.90 bits per heavy atom. The summed E-state index contributed by atoms with van der Waals surface area (Å²) in [5, 5.41) is 7.17. The lowest BCUT2D eigenvalue weighted by molar-refractivity contribution is -0.127. The van der Waals surface area contributed by atoms with E-state index in [9.17, 15) is 4.79 Å². The zero-order valence-electron chi connectivity index (χ0n) is 16.7. The molecule has 1 atom stereocenters. The molecule has 1 fully saturated rings. The SMILES string of the molecule is Cc1cccc(CNC(=O)C2CCCN(Cc3nc(-c4ccccc4)no3)C2)c1. The van der Waals surface area contributed by atoms with Crippen molar-refractivity contribution < 1.29 is 9.32 Å². The molecule has 1 aromatic heterocycles. The topological polar surface area (TPSA) is 71.3 Å². The van der Waals surface area contributed by atoms with Crippen molar-refractivity contribution in [2.24, 2.45) is 5.92 Å². The Kier molecular flexibility index (Phi) is 6.00. The van der Waals surface area contributed by atoms with Gasteiger partial charge in [0, 0.05) is 18.7 Å². The van der Waals surface area contributed by atoms with Gasteiger partial charge < -0.3 is 9.84 Å². The van der Waals surface area contributed by atoms with E-state index in [-0.39, 0.29) is 11.8 Å². The average Bonchev–Trinajstić information content (AvgIpc) is 3.21. The van der Waals surface area contributed by atoms with Gasteiger partial charge in [-0.2, -0.15) is 4.98 Å². The molecule has 1 aliphatic heterocycles. The third-order valence-corrected chi connectivity index (χ3v) is 5.28. The number of carbonyl (C=O) groups is 1. The number of hydrogen-bond donors (Lipinski definition) is 1. The minimum absolute atomic E-state index is 0.00919. The van der Waals surface area contributed by atoms with E-state index in [1.165, 1.54) is 5.56 Å². The van der Waals surface area contributed by atoms with Gasteiger partial charge in [0.15, 0.2) is 0 Å². The molecule has 0 radical (unpaired) electrons. The first-order valence-corrected chi connectivity index (χ1v) is 10.1. The molecule has 2 heterocycles. The van der Waals surface area contributed by atoms with Crippen LogP contribution in [0.25, 0.3) is 11.4 Å². The second-order valence-electron chi connectivity index (χ2n) is 7.66. The van der Waals surface area contributed by atoms with Crippen molar-refractivity contribution in [3.8, 4) is 11.4 Å². The van der Waals surface area contributed by atoms with Crippen LogP contribution >= 0.6 is 0 Å². The summed E-state index contributed by atoms with van der Waals surface area (Å²) in [5.74, 6) is 1.30. The standard InChI is InChI=1S/C23H26N4O2/c1-17-7-5-8-18(13-17)14-24-23(28)20-11-6-12-27(15-20)16-21-25-22(26-29-21)19-9-3-2-4-10-19/h2-5,7-10,13,20H,6,11-12,14-16H2,1H3,(H,24,28). The van der Waals surface area contributed by atoms with Gasteiger partial charge in [0.05, 0.1) is 12.5 Å². The molecule has 29 heavy (non-hydrogen) atoms. The molecule has 0 spiro atoms. The van der Waals surface area contributed by atoms with E-state index in [0.717, 1.165) is 30.5 Å². The monoisotopic (exact) mass is 390 g/mol. The summed E-state index contributed by atoms with van der Waals surface area (Å²) in [6.45, 7) is 4.85. The molecule has 1 N–H and O–H groups in total. The first-order chi connectivity index (χ1) is 14.2. The fourth-order valence-electron chi connectivity index (χ4n) is 3.78. The number of carbonyl (C=O) groups excluding carboxylic acids is 1. The molecule has 0 saturated carbocycles. The Balaban J connectivity index is 1.31. The fraction of sp³-hybridized carbons (Fsp3) is 0.348. The Hall–Kier alpha value is -2.99. The summed E-state index contributed by atoms with van der Waals surface area (Å²) >= 11 is 0. The number of aromatic nitrogens is 2. The zero-order valence-corrected chi connectivity index (χ0v) is 16.7. The summed E-state index contributed by atoms with van der Waals surface area (Å²) in [5.41, 5.74) is 3.27. The molecule has 150 valence electrons. The molecule has 6 heteroatoms. The minimum Gasteiger partial charge on any atom is -0.352 e. The molecule has 2 aromatic carbocycles. The van der Waals surface area contributed by atoms with Crippen molar-refractivity contribution >= 4 is 5.91 Å². The van der Waals surface area contributed by atoms with Crippen LogP contribution in [0, 0.1) is 12.8 Å². The molecule has 6 nitrogen and oxygen atoms in total. The smallest absolute Gasteiger partial charge is 0.241 e. The molecule has 3 aromatic rings. The van der Waals surface area contributed by atoms with Crippen LogP contribution < -0.4 is 5.32 Å². The first-order valence-electron chi connectivity index (χ1n) is 10.1. The van der Waals surface area contributed by atoms with Crippen molar-refractivity contribution in [2.45, 2.75) is 32.9 Å². The highest BCUT2D eigenvalue weighted by Crippen LogP contribution is 2.20. The third-order valence-electron chi connectivity index (χ3n) is 5.28. The normalized spacial score (nSPS) is 17.2. The van der Waals surface area contributed by atoms with Crippen LogP contribution in [-0.2, 0) is 17.9 Å². The van der Waals surface area contributed by atoms with Crippen molar-refractivity contribution in [3.05, 3.63) is 71.6 Å². The van der Waals surface area contributed by atoms with Gasteiger partial charge in [-0.25, -0.2) is 0 Å². The van der Waals surface area contributed by atoms with Crippen LogP contribution in [0.2, 0.25) is 0 Å². The first kappa shape index (κ1) is 19.3. The lowest BCUT2D eigenvalue weighted by atomic mass is 9.97. The highest BCUT2D eigenvalue weighted by molar-refractivity contribution is 5.79. The van der Waals surface area contributed by atoms with Crippen molar-refractivity contribution in [2.75, 3.05) is 13.1 Å². The quantitative estimate of drug-likeness (QED) is 0.697. The molecule has 1 aliphatic rings. The van der Waals surface area contributed by atoms with Gasteiger partial charge in [-0.05, 0) is 31.9 Å². The second kappa shape index (κ2) is 9.01. The Bertz CT molecular complexity index is 954. The average molecular weight is 390 g/mol. The minimum atomic E-state index is -0.00919. The van der Waals surface area contributed by atoms with Crippen molar-refractivity contribution in [3.63, 3.8) is 0 Å². The zero-order chi connectivity index (χ0) is 20.1.